The van der Waals surface area contributed by atoms with Gasteiger partial charge in [0.2, 0.25) is 5.88 Å². The van der Waals surface area contributed by atoms with Gasteiger partial charge in [-0.05, 0) is 70.8 Å². The molecule has 4 heterocycles. The van der Waals surface area contributed by atoms with E-state index < -0.39 is 6.09 Å². The Labute approximate surface area is 272 Å². The van der Waals surface area contributed by atoms with Crippen molar-refractivity contribution in [2.24, 2.45) is 0 Å². The molecule has 2 aromatic heterocycles. The van der Waals surface area contributed by atoms with E-state index in [4.69, 9.17) is 28.7 Å². The number of amides is 1. The Morgan fingerprint density at radius 1 is 0.915 bits per heavy atom. The fraction of sp³-hybridized carbons (Fsp3) is 0.216. The SMILES string of the molecule is COc1ccc(COc2cc(N3CCOCC3)cc(-c3cccc4c3Oc3ccc(COC(=O)Nc5cccnc5)cc3C4)n2)cc1. The predicted octanol–water partition coefficient (Wildman–Crippen LogP) is 7.01. The first-order valence-electron chi connectivity index (χ1n) is 15.5. The second kappa shape index (κ2) is 13.8. The van der Waals surface area contributed by atoms with Crippen molar-refractivity contribution in [1.82, 2.24) is 9.97 Å². The fourth-order valence-electron chi connectivity index (χ4n) is 5.65. The van der Waals surface area contributed by atoms with Crippen molar-refractivity contribution in [2.75, 3.05) is 43.6 Å². The summed E-state index contributed by atoms with van der Waals surface area (Å²) < 4.78 is 29.1. The molecule has 3 aromatic carbocycles. The van der Waals surface area contributed by atoms with Gasteiger partial charge in [-0.1, -0.05) is 30.3 Å². The average molecular weight is 631 g/mol. The summed E-state index contributed by atoms with van der Waals surface area (Å²) >= 11 is 0. The minimum atomic E-state index is -0.541. The normalized spacial score (nSPS) is 13.5. The lowest BCUT2D eigenvalue weighted by Crippen LogP contribution is -2.36. The fourth-order valence-corrected chi connectivity index (χ4v) is 5.65. The maximum absolute atomic E-state index is 12.3. The van der Waals surface area contributed by atoms with Crippen LogP contribution < -0.4 is 24.4 Å². The van der Waals surface area contributed by atoms with Gasteiger partial charge in [-0.3, -0.25) is 10.3 Å². The highest BCUT2D eigenvalue weighted by Gasteiger charge is 2.23. The highest BCUT2D eigenvalue weighted by molar-refractivity contribution is 5.84. The number of fused-ring (bicyclic) bond motifs is 2. The number of carbonyl (C=O) groups is 1. The minimum Gasteiger partial charge on any atom is -0.497 e. The van der Waals surface area contributed by atoms with Crippen molar-refractivity contribution in [3.63, 3.8) is 0 Å². The number of morpholine rings is 1. The van der Waals surface area contributed by atoms with E-state index in [2.05, 4.69) is 27.3 Å². The molecule has 0 atom stereocenters. The largest absolute Gasteiger partial charge is 0.497 e. The molecular formula is C37H34N4O6. The number of anilines is 2. The molecule has 1 N–H and O–H groups in total. The highest BCUT2D eigenvalue weighted by atomic mass is 16.5. The number of aromatic nitrogens is 2. The summed E-state index contributed by atoms with van der Waals surface area (Å²) in [7, 11) is 1.65. The first-order chi connectivity index (χ1) is 23.1. The molecule has 2 aliphatic rings. The van der Waals surface area contributed by atoms with Gasteiger partial charge in [-0.15, -0.1) is 0 Å². The molecule has 2 aliphatic heterocycles. The summed E-state index contributed by atoms with van der Waals surface area (Å²) in [6, 6.07) is 27.4. The van der Waals surface area contributed by atoms with Crippen LogP contribution in [0.25, 0.3) is 11.3 Å². The van der Waals surface area contributed by atoms with Crippen LogP contribution in [-0.2, 0) is 29.1 Å². The van der Waals surface area contributed by atoms with Crippen LogP contribution in [0.4, 0.5) is 16.2 Å². The van der Waals surface area contributed by atoms with Crippen LogP contribution >= 0.6 is 0 Å². The molecule has 0 unspecified atom stereocenters. The molecule has 7 rings (SSSR count). The molecule has 10 nitrogen and oxygen atoms in total. The molecule has 238 valence electrons. The second-order valence-corrected chi connectivity index (χ2v) is 11.2. The number of para-hydroxylation sites is 1. The lowest BCUT2D eigenvalue weighted by atomic mass is 9.95. The third-order valence-electron chi connectivity index (χ3n) is 8.08. The predicted molar refractivity (Wildman–Crippen MR) is 177 cm³/mol. The summed E-state index contributed by atoms with van der Waals surface area (Å²) in [5.74, 6) is 2.86. The number of rotatable bonds is 9. The van der Waals surface area contributed by atoms with Crippen molar-refractivity contribution < 1.29 is 28.5 Å². The number of hydrogen-bond donors (Lipinski definition) is 1. The van der Waals surface area contributed by atoms with E-state index in [9.17, 15) is 4.79 Å². The second-order valence-electron chi connectivity index (χ2n) is 11.2. The molecular weight excluding hydrogens is 596 g/mol. The van der Waals surface area contributed by atoms with Gasteiger partial charge in [0.15, 0.2) is 0 Å². The maximum Gasteiger partial charge on any atom is 0.412 e. The Kier molecular flexibility index (Phi) is 8.83. The number of carbonyl (C=O) groups excluding carboxylic acids is 1. The Bertz CT molecular complexity index is 1860. The van der Waals surface area contributed by atoms with Gasteiger partial charge in [0.25, 0.3) is 0 Å². The third kappa shape index (κ3) is 7.13. The molecule has 5 aromatic rings. The van der Waals surface area contributed by atoms with Crippen LogP contribution in [0.5, 0.6) is 23.1 Å². The molecule has 0 radical (unpaired) electrons. The van der Waals surface area contributed by atoms with Gasteiger partial charge in [0.05, 0.1) is 37.9 Å². The number of pyridine rings is 2. The highest BCUT2D eigenvalue weighted by Crippen LogP contribution is 2.43. The van der Waals surface area contributed by atoms with Gasteiger partial charge in [0.1, 0.15) is 30.5 Å². The van der Waals surface area contributed by atoms with Crippen molar-refractivity contribution in [2.45, 2.75) is 19.6 Å². The van der Waals surface area contributed by atoms with E-state index >= 15 is 0 Å². The summed E-state index contributed by atoms with van der Waals surface area (Å²) in [5.41, 5.74) is 7.19. The van der Waals surface area contributed by atoms with Crippen LogP contribution in [0.15, 0.2) is 97.3 Å². The summed E-state index contributed by atoms with van der Waals surface area (Å²) in [6.45, 7) is 3.41. The summed E-state index contributed by atoms with van der Waals surface area (Å²) in [6.07, 6.45) is 3.33. The van der Waals surface area contributed by atoms with Crippen molar-refractivity contribution in [1.29, 1.82) is 0 Å². The lowest BCUT2D eigenvalue weighted by molar-refractivity contribution is 0.122. The Hall–Kier alpha value is -5.61. The number of ether oxygens (including phenoxy) is 5. The monoisotopic (exact) mass is 630 g/mol. The number of nitrogens with one attached hydrogen (secondary N) is 1. The summed E-state index contributed by atoms with van der Waals surface area (Å²) in [5, 5.41) is 2.68. The molecule has 47 heavy (non-hydrogen) atoms. The van der Waals surface area contributed by atoms with Gasteiger partial charge in [-0.25, -0.2) is 9.78 Å². The van der Waals surface area contributed by atoms with Crippen LogP contribution in [0.3, 0.4) is 0 Å². The van der Waals surface area contributed by atoms with E-state index in [0.29, 0.717) is 37.8 Å². The number of nitrogens with zero attached hydrogens (tertiary/aromatic N) is 3. The number of benzene rings is 3. The van der Waals surface area contributed by atoms with Crippen molar-refractivity contribution in [3.05, 3.63) is 120 Å². The molecule has 0 bridgehead atoms. The zero-order valence-corrected chi connectivity index (χ0v) is 26.0. The van der Waals surface area contributed by atoms with E-state index in [-0.39, 0.29) is 6.61 Å². The zero-order chi connectivity index (χ0) is 32.0. The van der Waals surface area contributed by atoms with Gasteiger partial charge in [-0.2, -0.15) is 0 Å². The standard InChI is InChI=1S/C37H34N4O6/c1-43-31-10-7-25(8-11-31)23-45-35-21-30(41-14-16-44-17-15-41)20-33(40-35)32-6-2-4-27-19-28-18-26(9-12-34(28)47-36(27)32)24-46-37(42)39-29-5-3-13-38-22-29/h2-13,18,20-22H,14-17,19,23-24H2,1H3,(H,39,42). The Balaban J connectivity index is 1.11. The molecule has 0 saturated carbocycles. The average Bonchev–Trinajstić information content (AvgIpc) is 3.13. The third-order valence-corrected chi connectivity index (χ3v) is 8.08. The first-order valence-corrected chi connectivity index (χ1v) is 15.5. The van der Waals surface area contributed by atoms with Crippen LogP contribution in [-0.4, -0.2) is 49.5 Å². The summed E-state index contributed by atoms with van der Waals surface area (Å²) in [4.78, 5) is 23.5. The van der Waals surface area contributed by atoms with Gasteiger partial charge in [0, 0.05) is 43.0 Å². The molecule has 1 fully saturated rings. The lowest BCUT2D eigenvalue weighted by Gasteiger charge is -2.29. The van der Waals surface area contributed by atoms with Crippen molar-refractivity contribution in [3.8, 4) is 34.4 Å². The molecule has 1 amide bonds. The van der Waals surface area contributed by atoms with E-state index in [1.807, 2.05) is 60.7 Å². The Morgan fingerprint density at radius 2 is 1.77 bits per heavy atom. The first kappa shape index (κ1) is 30.1. The zero-order valence-electron chi connectivity index (χ0n) is 26.0. The molecule has 0 spiro atoms. The maximum atomic E-state index is 12.3. The number of hydrogen-bond acceptors (Lipinski definition) is 9. The molecule has 10 heteroatoms. The van der Waals surface area contributed by atoms with Gasteiger partial charge < -0.3 is 28.6 Å². The topological polar surface area (TPSA) is 104 Å². The quantitative estimate of drug-likeness (QED) is 0.181. The van der Waals surface area contributed by atoms with E-state index in [1.54, 1.807) is 31.6 Å². The van der Waals surface area contributed by atoms with E-state index in [0.717, 1.165) is 69.5 Å². The molecule has 0 aliphatic carbocycles. The number of methoxy groups -OCH3 is 1. The van der Waals surface area contributed by atoms with Gasteiger partial charge >= 0.3 is 6.09 Å². The smallest absolute Gasteiger partial charge is 0.412 e. The van der Waals surface area contributed by atoms with E-state index in [1.165, 1.54) is 0 Å². The van der Waals surface area contributed by atoms with Crippen LogP contribution in [0.2, 0.25) is 0 Å². The van der Waals surface area contributed by atoms with Crippen LogP contribution in [0, 0.1) is 0 Å². The minimum absolute atomic E-state index is 0.129. The molecule has 1 saturated heterocycles. The van der Waals surface area contributed by atoms with Crippen molar-refractivity contribution >= 4 is 17.5 Å². The van der Waals surface area contributed by atoms with Crippen LogP contribution in [0.1, 0.15) is 22.3 Å². The Morgan fingerprint density at radius 3 is 2.57 bits per heavy atom.